The van der Waals surface area contributed by atoms with Crippen LogP contribution in [-0.2, 0) is 0 Å². The van der Waals surface area contributed by atoms with E-state index in [0.29, 0.717) is 6.54 Å². The van der Waals surface area contributed by atoms with Gasteiger partial charge in [-0.3, -0.25) is 0 Å². The fourth-order valence-electron chi connectivity index (χ4n) is 0.962. The van der Waals surface area contributed by atoms with Crippen LogP contribution in [0.3, 0.4) is 0 Å². The van der Waals surface area contributed by atoms with Gasteiger partial charge in [-0.05, 0) is 12.1 Å². The molecule has 0 amide bonds. The van der Waals surface area contributed by atoms with Gasteiger partial charge >= 0.3 is 0 Å². The van der Waals surface area contributed by atoms with Gasteiger partial charge in [-0.15, -0.1) is 0 Å². The average Bonchev–Trinajstić information content (AvgIpc) is 2.19. The maximum Gasteiger partial charge on any atom is 0.143 e. The van der Waals surface area contributed by atoms with Crippen molar-refractivity contribution in [2.75, 3.05) is 25.7 Å². The lowest BCUT2D eigenvalue weighted by Crippen LogP contribution is -2.25. The summed E-state index contributed by atoms with van der Waals surface area (Å²) in [5, 5.41) is 8.54. The van der Waals surface area contributed by atoms with Crippen molar-refractivity contribution >= 4 is 5.69 Å². The monoisotopic (exact) mass is 182 g/mol. The number of anilines is 1. The molecule has 0 saturated heterocycles. The standard InChI is InChI=1S/C9H14N2O2/c1-13-9-5-3-2-4-8(9)11-10-6-7-12/h2-5,10-12H,6-7H2,1H3. The van der Waals surface area contributed by atoms with E-state index in [1.807, 2.05) is 24.3 Å². The van der Waals surface area contributed by atoms with Gasteiger partial charge in [0.15, 0.2) is 0 Å². The summed E-state index contributed by atoms with van der Waals surface area (Å²) in [5.74, 6) is 0.771. The van der Waals surface area contributed by atoms with Crippen molar-refractivity contribution in [3.8, 4) is 5.75 Å². The third-order valence-electron chi connectivity index (χ3n) is 1.57. The third kappa shape index (κ3) is 2.93. The van der Waals surface area contributed by atoms with E-state index in [9.17, 15) is 0 Å². The summed E-state index contributed by atoms with van der Waals surface area (Å²) in [7, 11) is 1.62. The molecule has 0 aliphatic heterocycles. The highest BCUT2D eigenvalue weighted by atomic mass is 16.5. The molecular weight excluding hydrogens is 168 g/mol. The summed E-state index contributed by atoms with van der Waals surface area (Å²) in [6.45, 7) is 0.597. The molecule has 1 aromatic rings. The number of hydrazine groups is 1. The van der Waals surface area contributed by atoms with Gasteiger partial charge in [-0.1, -0.05) is 12.1 Å². The van der Waals surface area contributed by atoms with Crippen molar-refractivity contribution in [2.24, 2.45) is 0 Å². The number of hydrogen-bond donors (Lipinski definition) is 3. The maximum absolute atomic E-state index is 8.54. The van der Waals surface area contributed by atoms with E-state index in [0.717, 1.165) is 11.4 Å². The molecule has 0 bridgehead atoms. The normalized spacial score (nSPS) is 9.69. The van der Waals surface area contributed by atoms with Gasteiger partial charge in [-0.25, -0.2) is 5.43 Å². The van der Waals surface area contributed by atoms with Gasteiger partial charge in [0.25, 0.3) is 0 Å². The number of nitrogens with one attached hydrogen (secondary N) is 2. The number of para-hydroxylation sites is 2. The fraction of sp³-hybridized carbons (Fsp3) is 0.333. The Morgan fingerprint density at radius 1 is 1.38 bits per heavy atom. The van der Waals surface area contributed by atoms with Crippen molar-refractivity contribution in [1.82, 2.24) is 5.43 Å². The van der Waals surface area contributed by atoms with E-state index >= 15 is 0 Å². The number of methoxy groups -OCH3 is 1. The van der Waals surface area contributed by atoms with E-state index in [1.165, 1.54) is 0 Å². The molecule has 0 fully saturated rings. The SMILES string of the molecule is COc1ccccc1NNCCO. The first-order chi connectivity index (χ1) is 6.38. The second kappa shape index (κ2) is 5.40. The predicted molar refractivity (Wildman–Crippen MR) is 51.7 cm³/mol. The van der Waals surface area contributed by atoms with Crippen LogP contribution < -0.4 is 15.6 Å². The number of aliphatic hydroxyl groups is 1. The van der Waals surface area contributed by atoms with Crippen molar-refractivity contribution < 1.29 is 9.84 Å². The molecule has 0 aliphatic carbocycles. The Labute approximate surface area is 77.5 Å². The van der Waals surface area contributed by atoms with Crippen LogP contribution in [-0.4, -0.2) is 25.4 Å². The Bertz CT molecular complexity index is 253. The minimum absolute atomic E-state index is 0.0994. The van der Waals surface area contributed by atoms with Crippen LogP contribution in [0.15, 0.2) is 24.3 Å². The lowest BCUT2D eigenvalue weighted by Gasteiger charge is -2.10. The maximum atomic E-state index is 8.54. The molecule has 1 aromatic carbocycles. The van der Waals surface area contributed by atoms with Crippen LogP contribution in [0.5, 0.6) is 5.75 Å². The lowest BCUT2D eigenvalue weighted by atomic mass is 10.3. The molecule has 0 saturated carbocycles. The first-order valence-corrected chi connectivity index (χ1v) is 4.11. The van der Waals surface area contributed by atoms with Crippen LogP contribution in [0.1, 0.15) is 0 Å². The molecular formula is C9H14N2O2. The van der Waals surface area contributed by atoms with E-state index in [-0.39, 0.29) is 6.61 Å². The highest BCUT2D eigenvalue weighted by molar-refractivity contribution is 5.55. The number of hydrogen-bond acceptors (Lipinski definition) is 4. The van der Waals surface area contributed by atoms with Gasteiger partial charge in [0.1, 0.15) is 5.75 Å². The highest BCUT2D eigenvalue weighted by Crippen LogP contribution is 2.21. The Kier molecular flexibility index (Phi) is 4.08. The summed E-state index contributed by atoms with van der Waals surface area (Å²) in [5.41, 5.74) is 6.64. The van der Waals surface area contributed by atoms with Crippen LogP contribution in [0.2, 0.25) is 0 Å². The predicted octanol–water partition coefficient (Wildman–Crippen LogP) is 0.604. The largest absolute Gasteiger partial charge is 0.495 e. The molecule has 0 atom stereocenters. The second-order valence-corrected chi connectivity index (χ2v) is 2.48. The number of aliphatic hydroxyl groups excluding tert-OH is 1. The van der Waals surface area contributed by atoms with Crippen LogP contribution >= 0.6 is 0 Å². The molecule has 13 heavy (non-hydrogen) atoms. The Hall–Kier alpha value is -1.26. The molecule has 0 spiro atoms. The third-order valence-corrected chi connectivity index (χ3v) is 1.57. The van der Waals surface area contributed by atoms with Gasteiger partial charge in [0, 0.05) is 6.54 Å². The van der Waals surface area contributed by atoms with Crippen molar-refractivity contribution in [3.63, 3.8) is 0 Å². The molecule has 0 radical (unpaired) electrons. The minimum Gasteiger partial charge on any atom is -0.495 e. The summed E-state index contributed by atoms with van der Waals surface area (Å²) in [4.78, 5) is 0. The van der Waals surface area contributed by atoms with E-state index in [1.54, 1.807) is 7.11 Å². The van der Waals surface area contributed by atoms with Crippen molar-refractivity contribution in [3.05, 3.63) is 24.3 Å². The minimum atomic E-state index is 0.0994. The van der Waals surface area contributed by atoms with E-state index in [2.05, 4.69) is 10.9 Å². The number of benzene rings is 1. The zero-order valence-electron chi connectivity index (χ0n) is 7.58. The van der Waals surface area contributed by atoms with Crippen LogP contribution in [0.4, 0.5) is 5.69 Å². The van der Waals surface area contributed by atoms with Crippen molar-refractivity contribution in [2.45, 2.75) is 0 Å². The summed E-state index contributed by atoms with van der Waals surface area (Å²) < 4.78 is 5.11. The molecule has 0 aromatic heterocycles. The molecule has 4 heteroatoms. The molecule has 1 rings (SSSR count). The zero-order valence-corrected chi connectivity index (χ0v) is 7.58. The quantitative estimate of drug-likeness (QED) is 0.461. The lowest BCUT2D eigenvalue weighted by molar-refractivity contribution is 0.296. The van der Waals surface area contributed by atoms with Gasteiger partial charge in [0.05, 0.1) is 19.4 Å². The Balaban J connectivity index is 2.54. The van der Waals surface area contributed by atoms with Gasteiger partial charge in [-0.2, -0.15) is 0 Å². The smallest absolute Gasteiger partial charge is 0.143 e. The molecule has 4 nitrogen and oxygen atoms in total. The molecule has 0 unspecified atom stereocenters. The van der Waals surface area contributed by atoms with E-state index < -0.39 is 0 Å². The van der Waals surface area contributed by atoms with Crippen molar-refractivity contribution in [1.29, 1.82) is 0 Å². The number of rotatable bonds is 5. The molecule has 72 valence electrons. The average molecular weight is 182 g/mol. The molecule has 0 aliphatic rings. The summed E-state index contributed by atoms with van der Waals surface area (Å²) in [6.07, 6.45) is 0. The van der Waals surface area contributed by atoms with Gasteiger partial charge < -0.3 is 15.3 Å². The van der Waals surface area contributed by atoms with Gasteiger partial charge in [0.2, 0.25) is 0 Å². The molecule has 0 heterocycles. The second-order valence-electron chi connectivity index (χ2n) is 2.48. The first-order valence-electron chi connectivity index (χ1n) is 4.11. The Morgan fingerprint density at radius 2 is 2.15 bits per heavy atom. The highest BCUT2D eigenvalue weighted by Gasteiger charge is 1.98. The topological polar surface area (TPSA) is 53.5 Å². The Morgan fingerprint density at radius 3 is 2.85 bits per heavy atom. The van der Waals surface area contributed by atoms with Crippen LogP contribution in [0.25, 0.3) is 0 Å². The fourth-order valence-corrected chi connectivity index (χ4v) is 0.962. The first kappa shape index (κ1) is 9.83. The summed E-state index contributed by atoms with van der Waals surface area (Å²) >= 11 is 0. The zero-order chi connectivity index (χ0) is 9.52. The summed E-state index contributed by atoms with van der Waals surface area (Å²) in [6, 6.07) is 7.56. The molecule has 3 N–H and O–H groups in total. The van der Waals surface area contributed by atoms with E-state index in [4.69, 9.17) is 9.84 Å². The number of ether oxygens (including phenoxy) is 1. The van der Waals surface area contributed by atoms with Crippen LogP contribution in [0, 0.1) is 0 Å².